The number of carbonyl (C=O) groups excluding carboxylic acids is 1. The summed E-state index contributed by atoms with van der Waals surface area (Å²) in [5.41, 5.74) is 1.54. The predicted molar refractivity (Wildman–Crippen MR) is 83.9 cm³/mol. The van der Waals surface area contributed by atoms with Gasteiger partial charge in [0.05, 0.1) is 0 Å². The van der Waals surface area contributed by atoms with Crippen LogP contribution in [0, 0.1) is 11.3 Å². The first-order chi connectivity index (χ1) is 9.35. The van der Waals surface area contributed by atoms with Crippen LogP contribution in [0.4, 0.5) is 0 Å². The molecule has 0 heterocycles. The third-order valence-corrected chi connectivity index (χ3v) is 4.45. The monoisotopic (exact) mass is 293 g/mol. The fourth-order valence-corrected chi connectivity index (χ4v) is 3.18. The van der Waals surface area contributed by atoms with Crippen molar-refractivity contribution in [2.75, 3.05) is 13.6 Å². The van der Waals surface area contributed by atoms with Gasteiger partial charge in [-0.05, 0) is 43.0 Å². The van der Waals surface area contributed by atoms with Crippen LogP contribution in [0.2, 0.25) is 5.02 Å². The predicted octanol–water partition coefficient (Wildman–Crippen LogP) is 4.17. The van der Waals surface area contributed by atoms with Crippen LogP contribution in [0.15, 0.2) is 24.3 Å². The molecule has 110 valence electrons. The largest absolute Gasteiger partial charge is 0.301 e. The highest BCUT2D eigenvalue weighted by molar-refractivity contribution is 6.30. The first kappa shape index (κ1) is 15.5. The van der Waals surface area contributed by atoms with Gasteiger partial charge in [0, 0.05) is 30.5 Å². The number of nitrogens with zero attached hydrogens (tertiary/aromatic N) is 1. The number of Topliss-reactive ketones (excluding diaryl/α,β-unsaturated/α-hetero) is 1. The van der Waals surface area contributed by atoms with Gasteiger partial charge in [0.2, 0.25) is 0 Å². The third kappa shape index (κ3) is 4.32. The highest BCUT2D eigenvalue weighted by atomic mass is 35.5. The van der Waals surface area contributed by atoms with E-state index in [1.54, 1.807) is 0 Å². The lowest BCUT2D eigenvalue weighted by molar-refractivity contribution is -0.127. The molecule has 1 atom stereocenters. The van der Waals surface area contributed by atoms with Gasteiger partial charge in [-0.15, -0.1) is 0 Å². The highest BCUT2D eigenvalue weighted by Gasteiger charge is 2.33. The van der Waals surface area contributed by atoms with Gasteiger partial charge in [0.15, 0.2) is 0 Å². The molecule has 0 radical (unpaired) electrons. The van der Waals surface area contributed by atoms with Crippen LogP contribution < -0.4 is 0 Å². The van der Waals surface area contributed by atoms with Crippen molar-refractivity contribution in [1.29, 1.82) is 0 Å². The van der Waals surface area contributed by atoms with E-state index in [0.717, 1.165) is 37.4 Å². The zero-order valence-corrected chi connectivity index (χ0v) is 13.4. The minimum atomic E-state index is 0.191. The second-order valence-electron chi connectivity index (χ2n) is 6.85. The molecule has 0 amide bonds. The van der Waals surface area contributed by atoms with Gasteiger partial charge in [-0.25, -0.2) is 0 Å². The Morgan fingerprint density at radius 3 is 2.60 bits per heavy atom. The van der Waals surface area contributed by atoms with Gasteiger partial charge < -0.3 is 4.90 Å². The summed E-state index contributed by atoms with van der Waals surface area (Å²) in [6.45, 7) is 6.25. The first-order valence-corrected chi connectivity index (χ1v) is 7.69. The molecule has 0 bridgehead atoms. The van der Waals surface area contributed by atoms with Crippen LogP contribution >= 0.6 is 11.6 Å². The lowest BCUT2D eigenvalue weighted by atomic mass is 9.71. The Morgan fingerprint density at radius 2 is 1.95 bits per heavy atom. The summed E-state index contributed by atoms with van der Waals surface area (Å²) in [6, 6.07) is 7.93. The third-order valence-electron chi connectivity index (χ3n) is 4.20. The summed E-state index contributed by atoms with van der Waals surface area (Å²) in [5.74, 6) is 0.628. The number of carbonyl (C=O) groups is 1. The van der Waals surface area contributed by atoms with Gasteiger partial charge in [-0.2, -0.15) is 0 Å². The van der Waals surface area contributed by atoms with Crippen molar-refractivity contribution < 1.29 is 4.79 Å². The van der Waals surface area contributed by atoms with Crippen LogP contribution in [0.1, 0.15) is 38.7 Å². The standard InChI is InChI=1S/C17H24ClNO/c1-17(2)9-8-16(20)14(10-17)12-19(3)11-13-4-6-15(18)7-5-13/h4-7,14H,8-12H2,1-3H3. The molecular formula is C17H24ClNO. The second kappa shape index (κ2) is 6.28. The van der Waals surface area contributed by atoms with Crippen LogP contribution in [0.25, 0.3) is 0 Å². The van der Waals surface area contributed by atoms with Gasteiger partial charge in [0.1, 0.15) is 5.78 Å². The van der Waals surface area contributed by atoms with Crippen molar-refractivity contribution >= 4 is 17.4 Å². The Labute approximate surface area is 127 Å². The van der Waals surface area contributed by atoms with Crippen molar-refractivity contribution in [2.45, 2.75) is 39.7 Å². The first-order valence-electron chi connectivity index (χ1n) is 7.31. The maximum atomic E-state index is 12.1. The molecule has 0 saturated heterocycles. The fraction of sp³-hybridized carbons (Fsp3) is 0.588. The molecule has 0 aromatic heterocycles. The van der Waals surface area contributed by atoms with Crippen LogP contribution in [-0.2, 0) is 11.3 Å². The minimum absolute atomic E-state index is 0.191. The molecule has 3 heteroatoms. The minimum Gasteiger partial charge on any atom is -0.301 e. The molecule has 1 saturated carbocycles. The van der Waals surface area contributed by atoms with Crippen LogP contribution in [0.5, 0.6) is 0 Å². The Bertz CT molecular complexity index is 466. The fourth-order valence-electron chi connectivity index (χ4n) is 3.06. The molecular weight excluding hydrogens is 270 g/mol. The van der Waals surface area contributed by atoms with Gasteiger partial charge in [0.25, 0.3) is 0 Å². The van der Waals surface area contributed by atoms with Gasteiger partial charge >= 0.3 is 0 Å². The molecule has 0 N–H and O–H groups in total. The van der Waals surface area contributed by atoms with Crippen molar-refractivity contribution in [3.63, 3.8) is 0 Å². The van der Waals surface area contributed by atoms with E-state index in [2.05, 4.69) is 25.8 Å². The molecule has 2 rings (SSSR count). The van der Waals surface area contributed by atoms with E-state index in [0.29, 0.717) is 11.2 Å². The highest BCUT2D eigenvalue weighted by Crippen LogP contribution is 2.37. The number of rotatable bonds is 4. The van der Waals surface area contributed by atoms with Crippen LogP contribution in [0.3, 0.4) is 0 Å². The molecule has 1 aliphatic carbocycles. The Morgan fingerprint density at radius 1 is 1.30 bits per heavy atom. The maximum Gasteiger partial charge on any atom is 0.137 e. The summed E-state index contributed by atoms with van der Waals surface area (Å²) >= 11 is 5.90. The Balaban J connectivity index is 1.91. The molecule has 0 spiro atoms. The summed E-state index contributed by atoms with van der Waals surface area (Å²) in [4.78, 5) is 14.3. The SMILES string of the molecule is CN(Cc1ccc(Cl)cc1)CC1CC(C)(C)CCC1=O. The maximum absolute atomic E-state index is 12.1. The van der Waals surface area contributed by atoms with E-state index < -0.39 is 0 Å². The molecule has 1 unspecified atom stereocenters. The smallest absolute Gasteiger partial charge is 0.137 e. The van der Waals surface area contributed by atoms with E-state index in [-0.39, 0.29) is 5.92 Å². The molecule has 20 heavy (non-hydrogen) atoms. The lowest BCUT2D eigenvalue weighted by Gasteiger charge is -2.36. The molecule has 1 aromatic carbocycles. The topological polar surface area (TPSA) is 20.3 Å². The van der Waals surface area contributed by atoms with E-state index in [4.69, 9.17) is 11.6 Å². The molecule has 2 nitrogen and oxygen atoms in total. The van der Waals surface area contributed by atoms with E-state index >= 15 is 0 Å². The Hall–Kier alpha value is -0.860. The average Bonchev–Trinajstić information content (AvgIpc) is 2.36. The number of hydrogen-bond donors (Lipinski definition) is 0. The molecule has 1 aliphatic rings. The molecule has 1 aromatic rings. The number of benzene rings is 1. The summed E-state index contributed by atoms with van der Waals surface area (Å²) in [6.07, 6.45) is 2.78. The van der Waals surface area contributed by atoms with Crippen LogP contribution in [-0.4, -0.2) is 24.3 Å². The Kier molecular flexibility index (Phi) is 4.87. The van der Waals surface area contributed by atoms with Gasteiger partial charge in [-0.3, -0.25) is 4.79 Å². The lowest BCUT2D eigenvalue weighted by Crippen LogP contribution is -2.37. The number of hydrogen-bond acceptors (Lipinski definition) is 2. The van der Waals surface area contributed by atoms with E-state index in [1.807, 2.05) is 24.3 Å². The van der Waals surface area contributed by atoms with Crippen molar-refractivity contribution in [3.05, 3.63) is 34.9 Å². The van der Waals surface area contributed by atoms with E-state index in [1.165, 1.54) is 5.56 Å². The van der Waals surface area contributed by atoms with Crippen molar-refractivity contribution in [2.24, 2.45) is 11.3 Å². The normalized spacial score (nSPS) is 22.2. The van der Waals surface area contributed by atoms with Gasteiger partial charge in [-0.1, -0.05) is 37.6 Å². The molecule has 1 fully saturated rings. The zero-order valence-electron chi connectivity index (χ0n) is 12.7. The second-order valence-corrected chi connectivity index (χ2v) is 7.29. The van der Waals surface area contributed by atoms with E-state index in [9.17, 15) is 4.79 Å². The average molecular weight is 294 g/mol. The molecule has 0 aliphatic heterocycles. The number of halogens is 1. The summed E-state index contributed by atoms with van der Waals surface area (Å²) in [7, 11) is 2.09. The van der Waals surface area contributed by atoms with Crippen molar-refractivity contribution in [1.82, 2.24) is 4.90 Å². The number of ketones is 1. The van der Waals surface area contributed by atoms with Crippen molar-refractivity contribution in [3.8, 4) is 0 Å². The summed E-state index contributed by atoms with van der Waals surface area (Å²) < 4.78 is 0. The quantitative estimate of drug-likeness (QED) is 0.830. The zero-order chi connectivity index (χ0) is 14.8. The summed E-state index contributed by atoms with van der Waals surface area (Å²) in [5, 5.41) is 0.764.